The Hall–Kier alpha value is -2.82. The molecule has 1 heterocycles. The molecule has 3 aromatic rings. The average molecular weight is 297 g/mol. The van der Waals surface area contributed by atoms with Gasteiger partial charge in [-0.15, -0.1) is 0 Å². The van der Waals surface area contributed by atoms with Crippen LogP contribution < -0.4 is 10.3 Å². The van der Waals surface area contributed by atoms with Gasteiger partial charge >= 0.3 is 5.97 Å². The molecule has 0 saturated heterocycles. The molecule has 2 aromatic carbocycles. The van der Waals surface area contributed by atoms with Gasteiger partial charge in [0, 0.05) is 12.3 Å². The molecule has 22 heavy (non-hydrogen) atoms. The van der Waals surface area contributed by atoms with Gasteiger partial charge in [-0.05, 0) is 30.2 Å². The zero-order chi connectivity index (χ0) is 15.9. The first kappa shape index (κ1) is 14.1. The minimum Gasteiger partial charge on any atom is -0.507 e. The van der Waals surface area contributed by atoms with Crippen LogP contribution in [0.4, 0.5) is 0 Å². The summed E-state index contributed by atoms with van der Waals surface area (Å²) in [6.07, 6.45) is 0.599. The van der Waals surface area contributed by atoms with E-state index >= 15 is 0 Å². The Labute approximate surface area is 126 Å². The van der Waals surface area contributed by atoms with Crippen molar-refractivity contribution in [3.63, 3.8) is 0 Å². The van der Waals surface area contributed by atoms with Gasteiger partial charge in [0.15, 0.2) is 0 Å². The Balaban J connectivity index is 2.57. The van der Waals surface area contributed by atoms with Crippen LogP contribution in [0.2, 0.25) is 0 Å². The van der Waals surface area contributed by atoms with E-state index in [4.69, 9.17) is 4.84 Å². The third-order valence-electron chi connectivity index (χ3n) is 3.65. The first-order chi connectivity index (χ1) is 10.5. The molecule has 0 atom stereocenters. The molecule has 0 radical (unpaired) electrons. The van der Waals surface area contributed by atoms with Crippen molar-refractivity contribution in [2.24, 2.45) is 0 Å². The summed E-state index contributed by atoms with van der Waals surface area (Å²) in [6, 6.07) is 10.2. The van der Waals surface area contributed by atoms with Gasteiger partial charge < -0.3 is 9.94 Å². The monoisotopic (exact) mass is 297 g/mol. The quantitative estimate of drug-likeness (QED) is 0.737. The fourth-order valence-electron chi connectivity index (χ4n) is 2.64. The summed E-state index contributed by atoms with van der Waals surface area (Å²) >= 11 is 0. The Morgan fingerprint density at radius 3 is 2.59 bits per heavy atom. The van der Waals surface area contributed by atoms with Crippen molar-refractivity contribution >= 4 is 27.8 Å². The number of nitrogens with zero attached hydrogens (tertiary/aromatic N) is 1. The van der Waals surface area contributed by atoms with Crippen LogP contribution >= 0.6 is 0 Å². The third-order valence-corrected chi connectivity index (χ3v) is 3.65. The first-order valence-electron chi connectivity index (χ1n) is 7.01. The number of benzene rings is 2. The van der Waals surface area contributed by atoms with Crippen LogP contribution in [0.3, 0.4) is 0 Å². The highest BCUT2D eigenvalue weighted by Crippen LogP contribution is 2.28. The van der Waals surface area contributed by atoms with Crippen LogP contribution in [0, 0.1) is 0 Å². The number of phenols is 1. The summed E-state index contributed by atoms with van der Waals surface area (Å²) < 4.78 is 1.30. The minimum absolute atomic E-state index is 0.0587. The number of aryl methyl sites for hydroxylation is 1. The van der Waals surface area contributed by atoms with Crippen LogP contribution in [0.5, 0.6) is 5.75 Å². The molecule has 0 spiro atoms. The van der Waals surface area contributed by atoms with Crippen molar-refractivity contribution in [3.8, 4) is 5.75 Å². The summed E-state index contributed by atoms with van der Waals surface area (Å²) in [6.45, 7) is 3.19. The van der Waals surface area contributed by atoms with Gasteiger partial charge in [-0.1, -0.05) is 25.1 Å². The lowest BCUT2D eigenvalue weighted by Gasteiger charge is -2.15. The Morgan fingerprint density at radius 2 is 1.91 bits per heavy atom. The van der Waals surface area contributed by atoms with E-state index in [1.807, 2.05) is 6.92 Å². The smallest absolute Gasteiger partial charge is 0.329 e. The standard InChI is InChI=1S/C17H15NO4/c1-3-11-8-9-14-15(16(11)20)17(21)12-6-4-5-7-13(12)18(14)22-10(2)19/h4-9,20H,3H2,1-2H3. The van der Waals surface area contributed by atoms with Crippen molar-refractivity contribution in [1.82, 2.24) is 4.73 Å². The Morgan fingerprint density at radius 1 is 1.18 bits per heavy atom. The maximum absolute atomic E-state index is 12.7. The molecule has 0 bridgehead atoms. The molecule has 0 aliphatic carbocycles. The number of hydrogen-bond donors (Lipinski definition) is 1. The lowest BCUT2D eigenvalue weighted by Crippen LogP contribution is -2.21. The Kier molecular flexibility index (Phi) is 3.33. The van der Waals surface area contributed by atoms with Crippen molar-refractivity contribution < 1.29 is 14.7 Å². The van der Waals surface area contributed by atoms with Crippen LogP contribution in [-0.2, 0) is 11.2 Å². The molecule has 0 aliphatic rings. The van der Waals surface area contributed by atoms with Crippen LogP contribution in [0.25, 0.3) is 21.8 Å². The summed E-state index contributed by atoms with van der Waals surface area (Å²) in [4.78, 5) is 29.4. The van der Waals surface area contributed by atoms with E-state index < -0.39 is 5.97 Å². The fraction of sp³-hybridized carbons (Fsp3) is 0.176. The Bertz CT molecular complexity index is 956. The van der Waals surface area contributed by atoms with Crippen LogP contribution in [0.1, 0.15) is 19.4 Å². The maximum Gasteiger partial charge on any atom is 0.329 e. The van der Waals surface area contributed by atoms with E-state index in [0.29, 0.717) is 28.4 Å². The largest absolute Gasteiger partial charge is 0.507 e. The molecule has 0 amide bonds. The molecule has 0 saturated carbocycles. The van der Waals surface area contributed by atoms with E-state index in [9.17, 15) is 14.7 Å². The number of pyridine rings is 1. The van der Waals surface area contributed by atoms with Gasteiger partial charge in [-0.2, -0.15) is 4.73 Å². The maximum atomic E-state index is 12.7. The second-order valence-electron chi connectivity index (χ2n) is 5.04. The summed E-state index contributed by atoms with van der Waals surface area (Å²) in [5.74, 6) is -0.564. The van der Waals surface area contributed by atoms with Crippen molar-refractivity contribution in [3.05, 3.63) is 52.2 Å². The lowest BCUT2D eigenvalue weighted by molar-refractivity contribution is -0.140. The topological polar surface area (TPSA) is 68.5 Å². The van der Waals surface area contributed by atoms with Gasteiger partial charge in [-0.3, -0.25) is 4.79 Å². The summed E-state index contributed by atoms with van der Waals surface area (Å²) in [5, 5.41) is 10.9. The molecule has 0 aliphatic heterocycles. The number of fused-ring (bicyclic) bond motifs is 2. The van der Waals surface area contributed by atoms with Gasteiger partial charge in [0.1, 0.15) is 5.75 Å². The molecular weight excluding hydrogens is 282 g/mol. The molecule has 5 heteroatoms. The molecule has 0 fully saturated rings. The molecule has 5 nitrogen and oxygen atoms in total. The van der Waals surface area contributed by atoms with E-state index in [1.165, 1.54) is 11.7 Å². The van der Waals surface area contributed by atoms with Crippen molar-refractivity contribution in [1.29, 1.82) is 0 Å². The van der Waals surface area contributed by atoms with E-state index in [2.05, 4.69) is 0 Å². The lowest BCUT2D eigenvalue weighted by atomic mass is 10.0. The predicted molar refractivity (Wildman–Crippen MR) is 84.0 cm³/mol. The number of aromatic nitrogens is 1. The highest BCUT2D eigenvalue weighted by atomic mass is 16.7. The number of carbonyl (C=O) groups is 1. The molecule has 3 rings (SSSR count). The number of aromatic hydroxyl groups is 1. The minimum atomic E-state index is -0.505. The average Bonchev–Trinajstić information content (AvgIpc) is 2.51. The highest BCUT2D eigenvalue weighted by Gasteiger charge is 2.17. The van der Waals surface area contributed by atoms with Crippen LogP contribution in [-0.4, -0.2) is 15.8 Å². The normalized spacial score (nSPS) is 11.0. The first-order valence-corrected chi connectivity index (χ1v) is 7.01. The second kappa shape index (κ2) is 5.18. The molecule has 1 aromatic heterocycles. The predicted octanol–water partition coefficient (Wildman–Crippen LogP) is 2.40. The van der Waals surface area contributed by atoms with E-state index in [-0.39, 0.29) is 16.6 Å². The second-order valence-corrected chi connectivity index (χ2v) is 5.04. The zero-order valence-corrected chi connectivity index (χ0v) is 12.3. The number of carbonyl (C=O) groups excluding carboxylic acids is 1. The van der Waals surface area contributed by atoms with Gasteiger partial charge in [0.05, 0.1) is 16.4 Å². The molecule has 1 N–H and O–H groups in total. The number of hydrogen-bond acceptors (Lipinski definition) is 4. The summed E-state index contributed by atoms with van der Waals surface area (Å²) in [5.41, 5.74) is 1.25. The molecule has 0 unspecified atom stereocenters. The molecule has 112 valence electrons. The van der Waals surface area contributed by atoms with E-state index in [1.54, 1.807) is 36.4 Å². The van der Waals surface area contributed by atoms with E-state index in [0.717, 1.165) is 0 Å². The SMILES string of the molecule is CCc1ccc2c(c1O)c(=O)c1ccccc1n2OC(C)=O. The van der Waals surface area contributed by atoms with Gasteiger partial charge in [0.2, 0.25) is 5.43 Å². The van der Waals surface area contributed by atoms with Crippen molar-refractivity contribution in [2.75, 3.05) is 0 Å². The number of para-hydroxylation sites is 1. The van der Waals surface area contributed by atoms with Crippen molar-refractivity contribution in [2.45, 2.75) is 20.3 Å². The van der Waals surface area contributed by atoms with Gasteiger partial charge in [-0.25, -0.2) is 4.79 Å². The van der Waals surface area contributed by atoms with Crippen LogP contribution in [0.15, 0.2) is 41.2 Å². The zero-order valence-electron chi connectivity index (χ0n) is 12.3. The number of rotatable bonds is 2. The number of phenolic OH excluding ortho intramolecular Hbond substituents is 1. The molecular formula is C17H15NO4. The van der Waals surface area contributed by atoms with Gasteiger partial charge in [0.25, 0.3) is 0 Å². The summed E-state index contributed by atoms with van der Waals surface area (Å²) in [7, 11) is 0. The highest BCUT2D eigenvalue weighted by molar-refractivity contribution is 5.97. The third kappa shape index (κ3) is 2.02. The fourth-order valence-corrected chi connectivity index (χ4v) is 2.64.